The van der Waals surface area contributed by atoms with Gasteiger partial charge < -0.3 is 19.6 Å². The minimum Gasteiger partial charge on any atom is -0.591 e. The first-order valence-electron chi connectivity index (χ1n) is 10.00. The molecule has 0 radical (unpaired) electrons. The summed E-state index contributed by atoms with van der Waals surface area (Å²) in [5, 5.41) is 1.47. The van der Waals surface area contributed by atoms with E-state index < -0.39 is 32.1 Å². The zero-order valence-corrected chi connectivity index (χ0v) is 24.6. The van der Waals surface area contributed by atoms with Gasteiger partial charge in [0.1, 0.15) is 0 Å². The molecule has 0 saturated heterocycles. The second kappa shape index (κ2) is 20.8. The van der Waals surface area contributed by atoms with Gasteiger partial charge in [-0.1, -0.05) is 91.1 Å². The van der Waals surface area contributed by atoms with Crippen LogP contribution < -0.4 is 40.8 Å². The van der Waals surface area contributed by atoms with Crippen molar-refractivity contribution in [3.05, 3.63) is 121 Å². The van der Waals surface area contributed by atoms with E-state index in [4.69, 9.17) is 0 Å². The van der Waals surface area contributed by atoms with Crippen LogP contribution in [0.1, 0.15) is 0 Å². The van der Waals surface area contributed by atoms with Gasteiger partial charge in [0.25, 0.3) is 0 Å². The van der Waals surface area contributed by atoms with Crippen molar-refractivity contribution < 1.29 is 58.9 Å². The van der Waals surface area contributed by atoms with Crippen LogP contribution in [0.15, 0.2) is 121 Å². The molecular formula is C24H20MoO8P4+4. The van der Waals surface area contributed by atoms with Crippen LogP contribution in [0.3, 0.4) is 0 Å². The van der Waals surface area contributed by atoms with Crippen LogP contribution in [0.25, 0.3) is 0 Å². The van der Waals surface area contributed by atoms with Crippen LogP contribution in [-0.2, 0) is 39.3 Å². The van der Waals surface area contributed by atoms with Crippen molar-refractivity contribution in [2.45, 2.75) is 0 Å². The topological polar surface area (TPSA) is 161 Å². The monoisotopic (exact) mass is 658 g/mol. The zero-order valence-electron chi connectivity index (χ0n) is 19.0. The molecule has 37 heavy (non-hydrogen) atoms. The Morgan fingerprint density at radius 2 is 0.459 bits per heavy atom. The average molecular weight is 656 g/mol. The van der Waals surface area contributed by atoms with Crippen molar-refractivity contribution in [3.8, 4) is 0 Å². The predicted molar refractivity (Wildman–Crippen MR) is 135 cm³/mol. The Hall–Kier alpha value is -2.19. The first kappa shape index (κ1) is 34.8. The van der Waals surface area contributed by atoms with E-state index in [-0.39, 0.29) is 21.1 Å². The van der Waals surface area contributed by atoms with Gasteiger partial charge >= 0.3 is 53.2 Å². The molecular weight excluding hydrogens is 636 g/mol. The maximum absolute atomic E-state index is 10.2. The molecule has 0 aliphatic rings. The molecule has 0 amide bonds. The van der Waals surface area contributed by atoms with Gasteiger partial charge in [-0.3, -0.25) is 0 Å². The molecule has 0 bridgehead atoms. The molecule has 4 aromatic carbocycles. The summed E-state index contributed by atoms with van der Waals surface area (Å²) in [5.74, 6) is 0. The smallest absolute Gasteiger partial charge is 0.591 e. The second-order valence-electron chi connectivity index (χ2n) is 6.37. The van der Waals surface area contributed by atoms with Crippen LogP contribution in [-0.4, -0.2) is 0 Å². The van der Waals surface area contributed by atoms with Crippen molar-refractivity contribution in [3.63, 3.8) is 0 Å². The van der Waals surface area contributed by atoms with Gasteiger partial charge in [0.2, 0.25) is 0 Å². The van der Waals surface area contributed by atoms with Crippen molar-refractivity contribution in [2.24, 2.45) is 0 Å². The molecule has 0 fully saturated rings. The summed E-state index contributed by atoms with van der Waals surface area (Å²) in [6.45, 7) is 0. The van der Waals surface area contributed by atoms with Crippen LogP contribution in [0.5, 0.6) is 0 Å². The Morgan fingerprint density at radius 1 is 0.324 bits per heavy atom. The van der Waals surface area contributed by atoms with Crippen LogP contribution in [0.4, 0.5) is 0 Å². The number of benzene rings is 4. The van der Waals surface area contributed by atoms with Crippen molar-refractivity contribution in [2.75, 3.05) is 0 Å². The van der Waals surface area contributed by atoms with Crippen LogP contribution >= 0.6 is 32.1 Å². The van der Waals surface area contributed by atoms with Gasteiger partial charge in [0.15, 0.2) is 21.2 Å². The maximum atomic E-state index is 10.2. The van der Waals surface area contributed by atoms with Crippen LogP contribution in [0, 0.1) is 0 Å². The second-order valence-corrected chi connectivity index (χ2v) is 10.5. The third-order valence-corrected chi connectivity index (χ3v) is 6.75. The molecule has 0 aliphatic carbocycles. The van der Waals surface area contributed by atoms with E-state index in [1.807, 2.05) is 0 Å². The average Bonchev–Trinajstić information content (AvgIpc) is 2.92. The Kier molecular flexibility index (Phi) is 19.6. The zero-order chi connectivity index (χ0) is 26.8. The molecule has 0 aromatic heterocycles. The van der Waals surface area contributed by atoms with E-state index in [0.717, 1.165) is 0 Å². The maximum Gasteiger partial charge on any atom is 4.00 e. The van der Waals surface area contributed by atoms with E-state index in [1.165, 1.54) is 0 Å². The third-order valence-electron chi connectivity index (χ3n) is 3.87. The normalized spacial score (nSPS) is 10.7. The molecule has 186 valence electrons. The number of hydrogen-bond donors (Lipinski definition) is 0. The van der Waals surface area contributed by atoms with E-state index in [9.17, 15) is 37.8 Å². The Morgan fingerprint density at radius 3 is 0.541 bits per heavy atom. The van der Waals surface area contributed by atoms with E-state index >= 15 is 0 Å². The van der Waals surface area contributed by atoms with Crippen molar-refractivity contribution in [1.82, 2.24) is 0 Å². The third kappa shape index (κ3) is 16.3. The molecule has 8 nitrogen and oxygen atoms in total. The largest absolute Gasteiger partial charge is 4.00 e. The Balaban J connectivity index is 0.000000463. The standard InChI is InChI=1S/4C6H5O2P.Mo/c4*7-9(8)6-4-2-1-3-5-6;/h4*1-5H;/q;;;;+4. The fourth-order valence-electron chi connectivity index (χ4n) is 2.20. The summed E-state index contributed by atoms with van der Waals surface area (Å²) in [7, 11) is -9.58. The molecule has 0 spiro atoms. The minimum atomic E-state index is -2.40. The predicted octanol–water partition coefficient (Wildman–Crippen LogP) is 1.66. The molecule has 0 saturated carbocycles. The summed E-state index contributed by atoms with van der Waals surface area (Å²) < 4.78 is 41.0. The van der Waals surface area contributed by atoms with E-state index in [1.54, 1.807) is 121 Å². The fraction of sp³-hybridized carbons (Fsp3) is 0. The van der Waals surface area contributed by atoms with Gasteiger partial charge in [0.05, 0.1) is 0 Å². The molecule has 4 unspecified atom stereocenters. The van der Waals surface area contributed by atoms with E-state index in [2.05, 4.69) is 0 Å². The van der Waals surface area contributed by atoms with E-state index in [0.29, 0.717) is 21.2 Å². The van der Waals surface area contributed by atoms with Crippen molar-refractivity contribution in [1.29, 1.82) is 0 Å². The fourth-order valence-corrected chi connectivity index (χ4v) is 3.86. The SMILES string of the molecule is O=[P+]([O-])c1ccccc1.O=[P+]([O-])c1ccccc1.O=[P+]([O-])c1ccccc1.O=[P+]([O-])c1ccccc1.[Mo+4]. The van der Waals surface area contributed by atoms with Crippen molar-refractivity contribution >= 4 is 53.3 Å². The summed E-state index contributed by atoms with van der Waals surface area (Å²) in [6.07, 6.45) is 0. The minimum absolute atomic E-state index is 0. The number of hydrogen-bond acceptors (Lipinski definition) is 8. The first-order chi connectivity index (χ1) is 17.2. The molecule has 0 heterocycles. The molecule has 4 rings (SSSR count). The first-order valence-corrected chi connectivity index (χ1v) is 14.7. The summed E-state index contributed by atoms with van der Waals surface area (Å²) in [6, 6.07) is 33.2. The van der Waals surface area contributed by atoms with Gasteiger partial charge in [-0.2, -0.15) is 0 Å². The van der Waals surface area contributed by atoms with Gasteiger partial charge in [-0.05, 0) is 48.5 Å². The summed E-state index contributed by atoms with van der Waals surface area (Å²) in [4.78, 5) is 41.0. The van der Waals surface area contributed by atoms with Gasteiger partial charge in [-0.15, -0.1) is 0 Å². The summed E-state index contributed by atoms with van der Waals surface area (Å²) >= 11 is 0. The molecule has 4 atom stereocenters. The molecule has 4 aromatic rings. The molecule has 13 heteroatoms. The molecule has 0 N–H and O–H groups in total. The van der Waals surface area contributed by atoms with Gasteiger partial charge in [0, 0.05) is 0 Å². The van der Waals surface area contributed by atoms with Gasteiger partial charge in [-0.25, -0.2) is 0 Å². The summed E-state index contributed by atoms with van der Waals surface area (Å²) in [5.41, 5.74) is 0. The molecule has 0 aliphatic heterocycles. The number of rotatable bonds is 4. The Bertz CT molecular complexity index is 1030. The Labute approximate surface area is 232 Å². The van der Waals surface area contributed by atoms with Crippen LogP contribution in [0.2, 0.25) is 0 Å². The quantitative estimate of drug-likeness (QED) is 0.237.